The van der Waals surface area contributed by atoms with E-state index in [0.29, 0.717) is 24.5 Å². The van der Waals surface area contributed by atoms with Gasteiger partial charge in [0.05, 0.1) is 5.69 Å². The molecule has 0 amide bonds. The van der Waals surface area contributed by atoms with Crippen molar-refractivity contribution < 1.29 is 8.42 Å². The zero-order valence-electron chi connectivity index (χ0n) is 12.1. The van der Waals surface area contributed by atoms with E-state index in [-0.39, 0.29) is 0 Å². The highest BCUT2D eigenvalue weighted by molar-refractivity contribution is 7.93. The third-order valence-electron chi connectivity index (χ3n) is 3.63. The zero-order valence-corrected chi connectivity index (χ0v) is 13.7. The fourth-order valence-electron chi connectivity index (χ4n) is 2.66. The number of benzene rings is 1. The number of nitrogens with one attached hydrogen (secondary N) is 1. The molecule has 1 aromatic carbocycles. The van der Waals surface area contributed by atoms with E-state index in [1.807, 2.05) is 38.1 Å². The maximum atomic E-state index is 13.0. The van der Waals surface area contributed by atoms with Crippen molar-refractivity contribution in [2.45, 2.75) is 25.3 Å². The predicted molar refractivity (Wildman–Crippen MR) is 86.5 cm³/mol. The molecule has 0 radical (unpaired) electrons. The molecule has 21 heavy (non-hydrogen) atoms. The lowest BCUT2D eigenvalue weighted by Crippen LogP contribution is -2.34. The lowest BCUT2D eigenvalue weighted by molar-refractivity contribution is 0.589. The van der Waals surface area contributed by atoms with E-state index in [9.17, 15) is 8.42 Å². The Bertz CT molecular complexity index is 766. The molecule has 3 rings (SSSR count). The molecule has 0 saturated heterocycles. The number of thiophene rings is 1. The van der Waals surface area contributed by atoms with Crippen LogP contribution in [0.5, 0.6) is 0 Å². The van der Waals surface area contributed by atoms with Gasteiger partial charge in [0.15, 0.2) is 0 Å². The average molecular weight is 322 g/mol. The first-order valence-electron chi connectivity index (χ1n) is 6.88. The summed E-state index contributed by atoms with van der Waals surface area (Å²) in [7, 11) is -3.50. The summed E-state index contributed by atoms with van der Waals surface area (Å²) in [5, 5.41) is 3.27. The molecule has 0 aliphatic carbocycles. The van der Waals surface area contributed by atoms with Crippen LogP contribution in [0.2, 0.25) is 0 Å². The smallest absolute Gasteiger partial charge is 0.265 e. The largest absolute Gasteiger partial charge is 0.311 e. The summed E-state index contributed by atoms with van der Waals surface area (Å²) in [6, 6.07) is 9.46. The number of sulfonamides is 1. The van der Waals surface area contributed by atoms with Gasteiger partial charge in [-0.1, -0.05) is 18.2 Å². The van der Waals surface area contributed by atoms with Gasteiger partial charge < -0.3 is 5.32 Å². The van der Waals surface area contributed by atoms with Crippen molar-refractivity contribution in [2.24, 2.45) is 0 Å². The van der Waals surface area contributed by atoms with E-state index in [0.717, 1.165) is 21.0 Å². The summed E-state index contributed by atoms with van der Waals surface area (Å²) in [4.78, 5) is 2.30. The van der Waals surface area contributed by atoms with Gasteiger partial charge in [0.1, 0.15) is 4.90 Å². The second-order valence-corrected chi connectivity index (χ2v) is 8.45. The Hall–Kier alpha value is -1.37. The Balaban J connectivity index is 2.13. The molecule has 2 heterocycles. The Kier molecular flexibility index (Phi) is 3.77. The quantitative estimate of drug-likeness (QED) is 0.925. The number of rotatable bonds is 2. The molecule has 112 valence electrons. The average Bonchev–Trinajstić information content (AvgIpc) is 2.68. The number of nitrogens with zero attached hydrogens (tertiary/aromatic N) is 1. The summed E-state index contributed by atoms with van der Waals surface area (Å²) in [5.41, 5.74) is 1.80. The monoisotopic (exact) mass is 322 g/mol. The Morgan fingerprint density at radius 3 is 2.71 bits per heavy atom. The number of anilines is 1. The van der Waals surface area contributed by atoms with Gasteiger partial charge in [-0.2, -0.15) is 0 Å². The first kappa shape index (κ1) is 14.6. The molecule has 0 spiro atoms. The van der Waals surface area contributed by atoms with Crippen molar-refractivity contribution >= 4 is 27.0 Å². The molecular weight excluding hydrogens is 304 g/mol. The van der Waals surface area contributed by atoms with Gasteiger partial charge in [-0.25, -0.2) is 8.42 Å². The third-order valence-corrected chi connectivity index (χ3v) is 6.67. The second kappa shape index (κ2) is 5.44. The van der Waals surface area contributed by atoms with Crippen LogP contribution in [-0.4, -0.2) is 21.5 Å². The minimum atomic E-state index is -3.50. The van der Waals surface area contributed by atoms with Crippen molar-refractivity contribution in [2.75, 3.05) is 17.4 Å². The van der Waals surface area contributed by atoms with Gasteiger partial charge in [0, 0.05) is 29.4 Å². The highest BCUT2D eigenvalue weighted by Gasteiger charge is 2.29. The maximum Gasteiger partial charge on any atom is 0.265 e. The topological polar surface area (TPSA) is 49.4 Å². The summed E-state index contributed by atoms with van der Waals surface area (Å²) in [6.45, 7) is 5.61. The first-order chi connectivity index (χ1) is 10.00. The lowest BCUT2D eigenvalue weighted by atomic mass is 10.2. The SMILES string of the molecule is Cc1cc(S(=O)(=O)N2CCNCc3ccccc32)c(C)s1. The fourth-order valence-corrected chi connectivity index (χ4v) is 5.69. The highest BCUT2D eigenvalue weighted by Crippen LogP contribution is 2.32. The van der Waals surface area contributed by atoms with Gasteiger partial charge >= 0.3 is 0 Å². The van der Waals surface area contributed by atoms with E-state index in [2.05, 4.69) is 5.32 Å². The van der Waals surface area contributed by atoms with Crippen LogP contribution in [0.3, 0.4) is 0 Å². The minimum Gasteiger partial charge on any atom is -0.311 e. The lowest BCUT2D eigenvalue weighted by Gasteiger charge is -2.24. The molecule has 0 bridgehead atoms. The zero-order chi connectivity index (χ0) is 15.0. The van der Waals surface area contributed by atoms with Crippen molar-refractivity contribution in [1.82, 2.24) is 5.32 Å². The first-order valence-corrected chi connectivity index (χ1v) is 9.14. The number of aryl methyl sites for hydroxylation is 2. The van der Waals surface area contributed by atoms with E-state index >= 15 is 0 Å². The van der Waals surface area contributed by atoms with E-state index in [1.165, 1.54) is 15.6 Å². The molecule has 1 aliphatic heterocycles. The Morgan fingerprint density at radius 1 is 1.24 bits per heavy atom. The fraction of sp³-hybridized carbons (Fsp3) is 0.333. The van der Waals surface area contributed by atoms with Crippen LogP contribution in [0.25, 0.3) is 0 Å². The van der Waals surface area contributed by atoms with Crippen LogP contribution in [0.15, 0.2) is 35.2 Å². The Morgan fingerprint density at radius 2 is 2.00 bits per heavy atom. The van der Waals surface area contributed by atoms with Gasteiger partial charge in [0.2, 0.25) is 0 Å². The highest BCUT2D eigenvalue weighted by atomic mass is 32.2. The molecule has 1 N–H and O–H groups in total. The van der Waals surface area contributed by atoms with Crippen LogP contribution >= 0.6 is 11.3 Å². The third kappa shape index (κ3) is 2.59. The van der Waals surface area contributed by atoms with E-state index in [1.54, 1.807) is 6.07 Å². The van der Waals surface area contributed by atoms with Crippen LogP contribution < -0.4 is 9.62 Å². The van der Waals surface area contributed by atoms with Crippen molar-refractivity contribution in [3.05, 3.63) is 45.6 Å². The molecule has 0 atom stereocenters. The normalized spacial score (nSPS) is 15.6. The summed E-state index contributed by atoms with van der Waals surface area (Å²) < 4.78 is 27.6. The molecule has 0 unspecified atom stereocenters. The maximum absolute atomic E-state index is 13.0. The summed E-state index contributed by atoms with van der Waals surface area (Å²) in [6.07, 6.45) is 0. The van der Waals surface area contributed by atoms with Gasteiger partial charge in [0.25, 0.3) is 10.0 Å². The van der Waals surface area contributed by atoms with Crippen LogP contribution in [0.1, 0.15) is 15.3 Å². The number of fused-ring (bicyclic) bond motifs is 1. The number of para-hydroxylation sites is 1. The Labute approximate surface area is 129 Å². The molecule has 0 saturated carbocycles. The number of hydrogen-bond donors (Lipinski definition) is 1. The van der Waals surface area contributed by atoms with Crippen molar-refractivity contribution in [3.8, 4) is 0 Å². The van der Waals surface area contributed by atoms with Crippen LogP contribution in [0, 0.1) is 13.8 Å². The molecule has 2 aromatic rings. The van der Waals surface area contributed by atoms with Crippen molar-refractivity contribution in [1.29, 1.82) is 0 Å². The summed E-state index contributed by atoms with van der Waals surface area (Å²) in [5.74, 6) is 0. The van der Waals surface area contributed by atoms with E-state index in [4.69, 9.17) is 0 Å². The van der Waals surface area contributed by atoms with E-state index < -0.39 is 10.0 Å². The van der Waals surface area contributed by atoms with Gasteiger partial charge in [-0.15, -0.1) is 11.3 Å². The second-order valence-electron chi connectivity index (χ2n) is 5.16. The molecule has 1 aromatic heterocycles. The van der Waals surface area contributed by atoms with Crippen molar-refractivity contribution in [3.63, 3.8) is 0 Å². The molecule has 0 fully saturated rings. The van der Waals surface area contributed by atoms with Gasteiger partial charge in [-0.3, -0.25) is 4.31 Å². The predicted octanol–water partition coefficient (Wildman–Crippen LogP) is 2.66. The summed E-state index contributed by atoms with van der Waals surface area (Å²) >= 11 is 1.53. The molecule has 6 heteroatoms. The molecule has 4 nitrogen and oxygen atoms in total. The number of hydrogen-bond acceptors (Lipinski definition) is 4. The molecular formula is C15H18N2O2S2. The van der Waals surface area contributed by atoms with Crippen LogP contribution in [-0.2, 0) is 16.6 Å². The molecule has 1 aliphatic rings. The standard InChI is InChI=1S/C15H18N2O2S2/c1-11-9-15(12(2)20-11)21(18,19)17-8-7-16-10-13-5-3-4-6-14(13)17/h3-6,9,16H,7-8,10H2,1-2H3. The van der Waals surface area contributed by atoms with Gasteiger partial charge in [-0.05, 0) is 31.5 Å². The minimum absolute atomic E-state index is 0.432. The van der Waals surface area contributed by atoms with Crippen LogP contribution in [0.4, 0.5) is 5.69 Å².